The maximum absolute atomic E-state index is 10.3. The summed E-state index contributed by atoms with van der Waals surface area (Å²) in [5, 5.41) is 10.3. The number of aromatic hydroxyl groups is 1. The Hall–Kier alpha value is -2.37. The number of nitrogens with one attached hydrogen (secondary N) is 1. The number of ether oxygens (including phenoxy) is 1. The molecule has 5 heteroatoms. The van der Waals surface area contributed by atoms with E-state index in [0.717, 1.165) is 57.2 Å². The fourth-order valence-electron chi connectivity index (χ4n) is 3.56. The number of quaternary nitrogens is 1. The summed E-state index contributed by atoms with van der Waals surface area (Å²) in [6, 6.07) is 14.5. The highest BCUT2D eigenvalue weighted by Gasteiger charge is 2.13. The molecule has 1 aliphatic rings. The summed E-state index contributed by atoms with van der Waals surface area (Å²) in [5.41, 5.74) is 4.33. The van der Waals surface area contributed by atoms with Crippen molar-refractivity contribution in [3.63, 3.8) is 0 Å². The van der Waals surface area contributed by atoms with E-state index in [1.165, 1.54) is 11.1 Å². The Morgan fingerprint density at radius 1 is 1.04 bits per heavy atom. The Morgan fingerprint density at radius 2 is 1.71 bits per heavy atom. The molecule has 0 atom stereocenters. The Balaban J connectivity index is 1.55. The molecule has 0 spiro atoms. The molecular formula is C23H32N3O2+. The predicted molar refractivity (Wildman–Crippen MR) is 115 cm³/mol. The minimum atomic E-state index is 0.275. The van der Waals surface area contributed by atoms with Gasteiger partial charge in [0.1, 0.15) is 25.4 Å². The van der Waals surface area contributed by atoms with Gasteiger partial charge in [-0.2, -0.15) is 0 Å². The van der Waals surface area contributed by atoms with Crippen molar-refractivity contribution in [3.8, 4) is 5.75 Å². The number of nitrogens with zero attached hydrogens (tertiary/aromatic N) is 2. The average Bonchev–Trinajstić information content (AvgIpc) is 2.72. The standard InChI is InChI=1S/C23H31N3O2/c1-3-26(4-2)22-10-9-21(23(27)15-22)17-24-16-19-5-7-20(8-6-19)18-25-11-13-28-14-12-25/h5-10,15,17,27H,3-4,11-14,16,18H2,1-2H3/p+1. The number of hydrogen-bond acceptors (Lipinski definition) is 4. The van der Waals surface area contributed by atoms with Gasteiger partial charge in [-0.1, -0.05) is 24.3 Å². The van der Waals surface area contributed by atoms with E-state index in [9.17, 15) is 5.11 Å². The number of hydrogen-bond donors (Lipinski definition) is 2. The lowest BCUT2D eigenvalue weighted by Crippen LogP contribution is -3.12. The molecule has 0 radical (unpaired) electrons. The van der Waals surface area contributed by atoms with Crippen molar-refractivity contribution < 1.29 is 14.7 Å². The number of morpholine rings is 1. The third-order valence-electron chi connectivity index (χ3n) is 5.32. The van der Waals surface area contributed by atoms with E-state index in [-0.39, 0.29) is 5.75 Å². The zero-order valence-electron chi connectivity index (χ0n) is 17.0. The molecule has 1 saturated heterocycles. The van der Waals surface area contributed by atoms with Crippen LogP contribution < -0.4 is 9.80 Å². The molecule has 1 heterocycles. The van der Waals surface area contributed by atoms with Gasteiger partial charge in [0.25, 0.3) is 0 Å². The van der Waals surface area contributed by atoms with E-state index in [1.54, 1.807) is 11.1 Å². The Morgan fingerprint density at radius 3 is 2.36 bits per heavy atom. The highest BCUT2D eigenvalue weighted by atomic mass is 16.5. The Kier molecular flexibility index (Phi) is 7.46. The number of phenolic OH excluding ortho intramolecular Hbond substituents is 1. The number of anilines is 1. The van der Waals surface area contributed by atoms with Crippen molar-refractivity contribution in [2.75, 3.05) is 44.3 Å². The number of aliphatic imine (C=N–C) groups is 1. The maximum atomic E-state index is 10.3. The highest BCUT2D eigenvalue weighted by Crippen LogP contribution is 2.23. The Bertz CT molecular complexity index is 764. The molecule has 0 bridgehead atoms. The van der Waals surface area contributed by atoms with E-state index in [1.807, 2.05) is 18.2 Å². The molecule has 2 aromatic carbocycles. The van der Waals surface area contributed by atoms with Crippen molar-refractivity contribution in [2.24, 2.45) is 4.99 Å². The normalized spacial score (nSPS) is 15.2. The zero-order valence-corrected chi connectivity index (χ0v) is 17.0. The molecule has 3 rings (SSSR count). The van der Waals surface area contributed by atoms with E-state index in [0.29, 0.717) is 6.54 Å². The van der Waals surface area contributed by atoms with Crippen LogP contribution in [0.5, 0.6) is 5.75 Å². The topological polar surface area (TPSA) is 49.5 Å². The van der Waals surface area contributed by atoms with Crippen molar-refractivity contribution in [2.45, 2.75) is 26.9 Å². The van der Waals surface area contributed by atoms with Crippen LogP contribution in [0.4, 0.5) is 5.69 Å². The van der Waals surface area contributed by atoms with Gasteiger partial charge in [-0.25, -0.2) is 0 Å². The molecule has 2 aromatic rings. The summed E-state index contributed by atoms with van der Waals surface area (Å²) in [7, 11) is 0. The van der Waals surface area contributed by atoms with Crippen LogP contribution in [0.25, 0.3) is 0 Å². The van der Waals surface area contributed by atoms with Crippen LogP contribution in [-0.4, -0.2) is 50.7 Å². The van der Waals surface area contributed by atoms with E-state index in [2.05, 4.69) is 48.0 Å². The molecule has 0 saturated carbocycles. The van der Waals surface area contributed by atoms with E-state index >= 15 is 0 Å². The molecule has 2 N–H and O–H groups in total. The summed E-state index contributed by atoms with van der Waals surface area (Å²) >= 11 is 0. The van der Waals surface area contributed by atoms with Gasteiger partial charge < -0.3 is 19.6 Å². The van der Waals surface area contributed by atoms with Crippen molar-refractivity contribution >= 4 is 11.9 Å². The van der Waals surface area contributed by atoms with Gasteiger partial charge in [-0.05, 0) is 31.5 Å². The summed E-state index contributed by atoms with van der Waals surface area (Å²) in [4.78, 5) is 8.31. The molecule has 1 fully saturated rings. The Labute approximate surface area is 168 Å². The van der Waals surface area contributed by atoms with Crippen LogP contribution in [-0.2, 0) is 17.8 Å². The first-order valence-electron chi connectivity index (χ1n) is 10.3. The molecular weight excluding hydrogens is 350 g/mol. The van der Waals surface area contributed by atoms with Crippen molar-refractivity contribution in [1.82, 2.24) is 0 Å². The monoisotopic (exact) mass is 382 g/mol. The molecule has 5 nitrogen and oxygen atoms in total. The second kappa shape index (κ2) is 10.2. The first kappa shape index (κ1) is 20.4. The molecule has 0 unspecified atom stereocenters. The quantitative estimate of drug-likeness (QED) is 0.689. The molecule has 0 amide bonds. The van der Waals surface area contributed by atoms with Gasteiger partial charge >= 0.3 is 0 Å². The summed E-state index contributed by atoms with van der Waals surface area (Å²) in [5.74, 6) is 0.275. The predicted octanol–water partition coefficient (Wildman–Crippen LogP) is 2.27. The van der Waals surface area contributed by atoms with Crippen molar-refractivity contribution in [3.05, 3.63) is 59.2 Å². The second-order valence-corrected chi connectivity index (χ2v) is 7.24. The molecule has 150 valence electrons. The third kappa shape index (κ3) is 5.57. The van der Waals surface area contributed by atoms with Crippen molar-refractivity contribution in [1.29, 1.82) is 0 Å². The van der Waals surface area contributed by atoms with E-state index < -0.39 is 0 Å². The van der Waals surface area contributed by atoms with Crippen LogP contribution in [0.15, 0.2) is 47.5 Å². The lowest BCUT2D eigenvalue weighted by Gasteiger charge is -2.23. The van der Waals surface area contributed by atoms with Crippen LogP contribution in [0.3, 0.4) is 0 Å². The number of phenols is 1. The molecule has 0 aliphatic carbocycles. The summed E-state index contributed by atoms with van der Waals surface area (Å²) in [6.07, 6.45) is 1.76. The largest absolute Gasteiger partial charge is 0.507 e. The molecule has 1 aliphatic heterocycles. The zero-order chi connectivity index (χ0) is 19.8. The number of benzene rings is 2. The maximum Gasteiger partial charge on any atom is 0.126 e. The first-order chi connectivity index (χ1) is 13.7. The van der Waals surface area contributed by atoms with Gasteiger partial charge in [-0.15, -0.1) is 0 Å². The first-order valence-corrected chi connectivity index (χ1v) is 10.3. The molecule has 0 aromatic heterocycles. The van der Waals surface area contributed by atoms with E-state index in [4.69, 9.17) is 4.74 Å². The smallest absolute Gasteiger partial charge is 0.126 e. The number of rotatable bonds is 8. The van der Waals surface area contributed by atoms with Gasteiger partial charge in [-0.3, -0.25) is 4.99 Å². The fraction of sp³-hybridized carbons (Fsp3) is 0.435. The van der Waals surface area contributed by atoms with Crippen LogP contribution in [0.2, 0.25) is 0 Å². The van der Waals surface area contributed by atoms with Gasteiger partial charge in [0.15, 0.2) is 0 Å². The van der Waals surface area contributed by atoms with Crippen LogP contribution in [0, 0.1) is 0 Å². The lowest BCUT2D eigenvalue weighted by molar-refractivity contribution is -0.921. The van der Waals surface area contributed by atoms with Crippen LogP contribution >= 0.6 is 0 Å². The summed E-state index contributed by atoms with van der Waals surface area (Å²) in [6.45, 7) is 11.6. The van der Waals surface area contributed by atoms with Crippen LogP contribution in [0.1, 0.15) is 30.5 Å². The summed E-state index contributed by atoms with van der Waals surface area (Å²) < 4.78 is 5.42. The highest BCUT2D eigenvalue weighted by molar-refractivity contribution is 5.84. The van der Waals surface area contributed by atoms with Gasteiger partial charge in [0, 0.05) is 42.2 Å². The fourth-order valence-corrected chi connectivity index (χ4v) is 3.56. The second-order valence-electron chi connectivity index (χ2n) is 7.24. The average molecular weight is 383 g/mol. The lowest BCUT2D eigenvalue weighted by atomic mass is 10.1. The minimum absolute atomic E-state index is 0.275. The van der Waals surface area contributed by atoms with Gasteiger partial charge in [0.05, 0.1) is 19.8 Å². The SMILES string of the molecule is CCN(CC)c1ccc(C=NCc2ccc(C[NH+]3CCOCC3)cc2)c(O)c1. The minimum Gasteiger partial charge on any atom is -0.507 e. The third-order valence-corrected chi connectivity index (χ3v) is 5.32. The van der Waals surface area contributed by atoms with Gasteiger partial charge in [0.2, 0.25) is 0 Å². The molecule has 28 heavy (non-hydrogen) atoms.